The van der Waals surface area contributed by atoms with Crippen LogP contribution in [0.2, 0.25) is 0 Å². The van der Waals surface area contributed by atoms with Gasteiger partial charge in [-0.15, -0.1) is 27.7 Å². The second-order valence-corrected chi connectivity index (χ2v) is 8.65. The molecule has 1 aliphatic carbocycles. The third-order valence-corrected chi connectivity index (χ3v) is 7.26. The summed E-state index contributed by atoms with van der Waals surface area (Å²) in [4.78, 5) is 0. The van der Waals surface area contributed by atoms with Crippen LogP contribution in [-0.4, -0.2) is 6.16 Å². The molecule has 4 rings (SSSR count). The van der Waals surface area contributed by atoms with Crippen molar-refractivity contribution in [2.75, 3.05) is 6.16 Å². The minimum absolute atomic E-state index is 0.733. The maximum absolute atomic E-state index is 2.91. The standard InChI is InChI=1S/C24H27P3.3C2H6/c25-13-16-1-9-23(22(11-16)15-27)18-4-2-17(3-5-18)19-8-10-24-20(12-19)6-7-21(24)14-26;3*1-2/h1-5,8-12,21H,6-7,13-15,25-27H2;3*1-2H3. The van der Waals surface area contributed by atoms with Crippen LogP contribution in [0.25, 0.3) is 22.3 Å². The predicted molar refractivity (Wildman–Crippen MR) is 164 cm³/mol. The number of hydrogen-bond acceptors (Lipinski definition) is 0. The molecular formula is C30H45P3. The van der Waals surface area contributed by atoms with E-state index in [-0.39, 0.29) is 0 Å². The van der Waals surface area contributed by atoms with Crippen molar-refractivity contribution in [3.05, 3.63) is 82.9 Å². The number of rotatable bonds is 5. The van der Waals surface area contributed by atoms with E-state index in [0.717, 1.165) is 18.2 Å². The van der Waals surface area contributed by atoms with E-state index in [0.29, 0.717) is 0 Å². The minimum atomic E-state index is 0.733. The van der Waals surface area contributed by atoms with Crippen LogP contribution < -0.4 is 0 Å². The summed E-state index contributed by atoms with van der Waals surface area (Å²) in [6.07, 6.45) is 5.68. The van der Waals surface area contributed by atoms with Crippen molar-refractivity contribution < 1.29 is 0 Å². The maximum atomic E-state index is 2.91. The molecule has 0 heterocycles. The van der Waals surface area contributed by atoms with Gasteiger partial charge in [-0.3, -0.25) is 0 Å². The zero-order chi connectivity index (χ0) is 24.8. The second kappa shape index (κ2) is 16.6. The van der Waals surface area contributed by atoms with Crippen LogP contribution in [0, 0.1) is 0 Å². The van der Waals surface area contributed by atoms with Gasteiger partial charge < -0.3 is 0 Å². The molecule has 1 aliphatic rings. The molecule has 0 amide bonds. The molecule has 4 unspecified atom stereocenters. The Bertz CT molecular complexity index is 945. The Morgan fingerprint density at radius 1 is 0.667 bits per heavy atom. The van der Waals surface area contributed by atoms with Crippen molar-refractivity contribution in [3.8, 4) is 22.3 Å². The summed E-state index contributed by atoms with van der Waals surface area (Å²) in [6.45, 7) is 12.0. The quantitative estimate of drug-likeness (QED) is 0.307. The molecule has 0 aromatic heterocycles. The van der Waals surface area contributed by atoms with Gasteiger partial charge in [0, 0.05) is 0 Å². The van der Waals surface area contributed by atoms with Crippen molar-refractivity contribution in [3.63, 3.8) is 0 Å². The summed E-state index contributed by atoms with van der Waals surface area (Å²) >= 11 is 0. The molecule has 3 aromatic carbocycles. The summed E-state index contributed by atoms with van der Waals surface area (Å²) in [6, 6.07) is 23.0. The van der Waals surface area contributed by atoms with Gasteiger partial charge in [0.25, 0.3) is 0 Å². The molecule has 0 nitrogen and oxygen atoms in total. The fraction of sp³-hybridized carbons (Fsp3) is 0.400. The molecule has 0 saturated heterocycles. The smallest absolute Gasteiger partial charge is 0.0121 e. The molecule has 0 bridgehead atoms. The van der Waals surface area contributed by atoms with Crippen molar-refractivity contribution in [1.82, 2.24) is 0 Å². The van der Waals surface area contributed by atoms with Crippen molar-refractivity contribution >= 4 is 27.7 Å². The molecule has 0 fully saturated rings. The van der Waals surface area contributed by atoms with E-state index in [1.54, 1.807) is 11.1 Å². The van der Waals surface area contributed by atoms with Crippen LogP contribution in [0.3, 0.4) is 0 Å². The highest BCUT2D eigenvalue weighted by Gasteiger charge is 2.21. The normalized spacial score (nSPS) is 13.4. The summed E-state index contributed by atoms with van der Waals surface area (Å²) in [5, 5.41) is 0. The van der Waals surface area contributed by atoms with Crippen molar-refractivity contribution in [2.45, 2.75) is 72.6 Å². The molecular weight excluding hydrogens is 453 g/mol. The third kappa shape index (κ3) is 7.72. The Balaban J connectivity index is 0.000000841. The van der Waals surface area contributed by atoms with Crippen LogP contribution >= 0.6 is 27.7 Å². The maximum Gasteiger partial charge on any atom is -0.0121 e. The van der Waals surface area contributed by atoms with E-state index in [4.69, 9.17) is 0 Å². The van der Waals surface area contributed by atoms with E-state index in [1.807, 2.05) is 41.5 Å². The van der Waals surface area contributed by atoms with Gasteiger partial charge in [0.05, 0.1) is 0 Å². The highest BCUT2D eigenvalue weighted by molar-refractivity contribution is 7.16. The molecule has 0 saturated carbocycles. The largest absolute Gasteiger partial charge is 0.137 e. The number of fused-ring (bicyclic) bond motifs is 1. The van der Waals surface area contributed by atoms with Crippen molar-refractivity contribution in [1.29, 1.82) is 0 Å². The van der Waals surface area contributed by atoms with Crippen molar-refractivity contribution in [2.24, 2.45) is 0 Å². The van der Waals surface area contributed by atoms with E-state index >= 15 is 0 Å². The first kappa shape index (κ1) is 30.0. The Kier molecular flexibility index (Phi) is 15.0. The summed E-state index contributed by atoms with van der Waals surface area (Å²) < 4.78 is 0. The lowest BCUT2D eigenvalue weighted by Crippen LogP contribution is -1.93. The molecule has 0 N–H and O–H groups in total. The Morgan fingerprint density at radius 3 is 1.85 bits per heavy atom. The van der Waals surface area contributed by atoms with Crippen LogP contribution in [0.15, 0.2) is 60.7 Å². The lowest BCUT2D eigenvalue weighted by molar-refractivity contribution is 0.757. The SMILES string of the molecule is CC.CC.CC.PCc1ccc(-c2ccc(-c3ccc4c(c3)CCC4CP)cc2)c(CP)c1. The Hall–Kier alpha value is -1.05. The third-order valence-electron chi connectivity index (χ3n) is 5.78. The average Bonchev–Trinajstić information content (AvgIpc) is 3.34. The van der Waals surface area contributed by atoms with E-state index in [1.165, 1.54) is 52.4 Å². The summed E-state index contributed by atoms with van der Waals surface area (Å²) in [7, 11) is 8.59. The fourth-order valence-electron chi connectivity index (χ4n) is 4.20. The summed E-state index contributed by atoms with van der Waals surface area (Å²) in [5.41, 5.74) is 11.2. The highest BCUT2D eigenvalue weighted by Crippen LogP contribution is 2.37. The van der Waals surface area contributed by atoms with Gasteiger partial charge in [0.2, 0.25) is 0 Å². The zero-order valence-electron chi connectivity index (χ0n) is 21.6. The first-order valence-corrected chi connectivity index (χ1v) is 15.1. The molecule has 3 aromatic rings. The topological polar surface area (TPSA) is 0 Å². The Labute approximate surface area is 211 Å². The molecule has 180 valence electrons. The lowest BCUT2D eigenvalue weighted by Gasteiger charge is -2.12. The van der Waals surface area contributed by atoms with Gasteiger partial charge >= 0.3 is 0 Å². The number of benzene rings is 3. The van der Waals surface area contributed by atoms with Crippen LogP contribution in [0.1, 0.15) is 76.1 Å². The van der Waals surface area contributed by atoms with Gasteiger partial charge in [-0.25, -0.2) is 0 Å². The predicted octanol–water partition coefficient (Wildman–Crippen LogP) is 9.75. The molecule has 3 heteroatoms. The minimum Gasteiger partial charge on any atom is -0.137 e. The number of aryl methyl sites for hydroxylation is 1. The first-order chi connectivity index (χ1) is 16.2. The fourth-order valence-corrected chi connectivity index (χ4v) is 5.28. The molecule has 0 radical (unpaired) electrons. The monoisotopic (exact) mass is 498 g/mol. The lowest BCUT2D eigenvalue weighted by atomic mass is 9.95. The van der Waals surface area contributed by atoms with E-state index < -0.39 is 0 Å². The van der Waals surface area contributed by atoms with E-state index in [9.17, 15) is 0 Å². The van der Waals surface area contributed by atoms with Gasteiger partial charge in [-0.2, -0.15) is 0 Å². The first-order valence-electron chi connectivity index (χ1n) is 12.7. The van der Waals surface area contributed by atoms with Crippen LogP contribution in [0.5, 0.6) is 0 Å². The van der Waals surface area contributed by atoms with Crippen LogP contribution in [-0.2, 0) is 18.7 Å². The molecule has 33 heavy (non-hydrogen) atoms. The van der Waals surface area contributed by atoms with Crippen LogP contribution in [0.4, 0.5) is 0 Å². The second-order valence-electron chi connectivity index (χ2n) is 7.36. The highest BCUT2D eigenvalue weighted by atomic mass is 31.0. The van der Waals surface area contributed by atoms with E-state index in [2.05, 4.69) is 88.4 Å². The van der Waals surface area contributed by atoms with Gasteiger partial charge in [-0.05, 0) is 81.8 Å². The average molecular weight is 499 g/mol. The Morgan fingerprint density at radius 2 is 1.27 bits per heavy atom. The molecule has 4 atom stereocenters. The van der Waals surface area contributed by atoms with Gasteiger partial charge in [0.1, 0.15) is 0 Å². The number of hydrogen-bond donors (Lipinski definition) is 0. The van der Waals surface area contributed by atoms with Gasteiger partial charge in [0.15, 0.2) is 0 Å². The molecule has 0 spiro atoms. The zero-order valence-corrected chi connectivity index (χ0v) is 25.1. The van der Waals surface area contributed by atoms with Gasteiger partial charge in [-0.1, -0.05) is 102 Å². The summed E-state index contributed by atoms with van der Waals surface area (Å²) in [5.74, 6) is 0.733. The molecule has 0 aliphatic heterocycles.